The zero-order valence-electron chi connectivity index (χ0n) is 12.9. The third-order valence-electron chi connectivity index (χ3n) is 3.53. The molecule has 1 atom stereocenters. The molecule has 0 saturated heterocycles. The van der Waals surface area contributed by atoms with Gasteiger partial charge in [0.25, 0.3) is 0 Å². The van der Waals surface area contributed by atoms with E-state index in [1.54, 1.807) is 12.1 Å². The van der Waals surface area contributed by atoms with E-state index in [0.29, 0.717) is 16.5 Å². The molecule has 0 fully saturated rings. The van der Waals surface area contributed by atoms with Gasteiger partial charge in [0.2, 0.25) is 0 Å². The molecule has 2 aromatic rings. The van der Waals surface area contributed by atoms with Crippen LogP contribution in [0.5, 0.6) is 0 Å². The van der Waals surface area contributed by atoms with Crippen molar-refractivity contribution in [3.63, 3.8) is 0 Å². The third kappa shape index (κ3) is 3.63. The zero-order chi connectivity index (χ0) is 16.1. The van der Waals surface area contributed by atoms with Crippen LogP contribution in [0.4, 0.5) is 10.2 Å². The van der Waals surface area contributed by atoms with Gasteiger partial charge in [-0.25, -0.2) is 14.4 Å². The summed E-state index contributed by atoms with van der Waals surface area (Å²) in [4.78, 5) is 10.6. The predicted molar refractivity (Wildman–Crippen MR) is 89.6 cm³/mol. The van der Waals surface area contributed by atoms with E-state index in [1.165, 1.54) is 12.3 Å². The van der Waals surface area contributed by atoms with E-state index < -0.39 is 0 Å². The van der Waals surface area contributed by atoms with Crippen LogP contribution in [-0.4, -0.2) is 17.0 Å². The minimum Gasteiger partial charge on any atom is -0.351 e. The summed E-state index contributed by atoms with van der Waals surface area (Å²) in [7, 11) is 1.86. The first-order valence-corrected chi connectivity index (χ1v) is 7.58. The summed E-state index contributed by atoms with van der Waals surface area (Å²) >= 11 is 5.98. The van der Waals surface area contributed by atoms with Crippen molar-refractivity contribution in [2.24, 2.45) is 0 Å². The molecule has 116 valence electrons. The molecule has 5 heteroatoms. The van der Waals surface area contributed by atoms with Gasteiger partial charge in [0.15, 0.2) is 5.82 Å². The van der Waals surface area contributed by atoms with Gasteiger partial charge in [-0.15, -0.1) is 0 Å². The molecule has 0 saturated carbocycles. The van der Waals surface area contributed by atoms with Crippen molar-refractivity contribution in [2.75, 3.05) is 11.9 Å². The SMILES string of the molecule is CC/C=C/c1ncc(Cl)nc1N(C)C(C)c1ccccc1F. The van der Waals surface area contributed by atoms with Crippen LogP contribution in [0.25, 0.3) is 6.08 Å². The first-order chi connectivity index (χ1) is 10.5. The lowest BCUT2D eigenvalue weighted by Gasteiger charge is -2.27. The van der Waals surface area contributed by atoms with E-state index in [9.17, 15) is 4.39 Å². The van der Waals surface area contributed by atoms with Gasteiger partial charge in [-0.2, -0.15) is 0 Å². The Morgan fingerprint density at radius 3 is 2.77 bits per heavy atom. The Balaban J connectivity index is 2.40. The van der Waals surface area contributed by atoms with E-state index >= 15 is 0 Å². The summed E-state index contributed by atoms with van der Waals surface area (Å²) in [5, 5.41) is 0.316. The summed E-state index contributed by atoms with van der Waals surface area (Å²) in [5.41, 5.74) is 1.33. The number of benzene rings is 1. The van der Waals surface area contributed by atoms with Crippen LogP contribution in [0.15, 0.2) is 36.5 Å². The maximum atomic E-state index is 14.0. The third-order valence-corrected chi connectivity index (χ3v) is 3.72. The standard InChI is InChI=1S/C17H19ClFN3/c1-4-5-10-15-17(21-16(18)11-20-15)22(3)12(2)13-8-6-7-9-14(13)19/h5-12H,4H2,1-3H3/b10-5+. The molecule has 0 N–H and O–H groups in total. The Kier molecular flexibility index (Phi) is 5.50. The molecule has 0 aliphatic rings. The van der Waals surface area contributed by atoms with Crippen LogP contribution < -0.4 is 4.90 Å². The van der Waals surface area contributed by atoms with Gasteiger partial charge in [-0.3, -0.25) is 0 Å². The quantitative estimate of drug-likeness (QED) is 0.785. The molecule has 0 bridgehead atoms. The lowest BCUT2D eigenvalue weighted by atomic mass is 10.1. The zero-order valence-corrected chi connectivity index (χ0v) is 13.7. The van der Waals surface area contributed by atoms with E-state index in [-0.39, 0.29) is 11.9 Å². The Morgan fingerprint density at radius 1 is 1.36 bits per heavy atom. The van der Waals surface area contributed by atoms with Crippen molar-refractivity contribution in [2.45, 2.75) is 26.3 Å². The highest BCUT2D eigenvalue weighted by molar-refractivity contribution is 6.29. The van der Waals surface area contributed by atoms with Gasteiger partial charge < -0.3 is 4.90 Å². The highest BCUT2D eigenvalue weighted by Gasteiger charge is 2.19. The Bertz CT molecular complexity index is 673. The Labute approximate surface area is 135 Å². The second kappa shape index (κ2) is 7.36. The van der Waals surface area contributed by atoms with E-state index in [4.69, 9.17) is 11.6 Å². The number of anilines is 1. The lowest BCUT2D eigenvalue weighted by molar-refractivity contribution is 0.584. The van der Waals surface area contributed by atoms with Crippen molar-refractivity contribution >= 4 is 23.5 Å². The first-order valence-electron chi connectivity index (χ1n) is 7.21. The van der Waals surface area contributed by atoms with E-state index in [2.05, 4.69) is 9.97 Å². The van der Waals surface area contributed by atoms with Crippen molar-refractivity contribution in [3.8, 4) is 0 Å². The molecule has 1 heterocycles. The number of rotatable bonds is 5. The fraction of sp³-hybridized carbons (Fsp3) is 0.294. The Hall–Kier alpha value is -1.94. The van der Waals surface area contributed by atoms with Crippen LogP contribution in [-0.2, 0) is 0 Å². The average molecular weight is 320 g/mol. The topological polar surface area (TPSA) is 29.0 Å². The molecule has 1 aromatic heterocycles. The number of allylic oxidation sites excluding steroid dienone is 1. The first kappa shape index (κ1) is 16.4. The van der Waals surface area contributed by atoms with Crippen LogP contribution >= 0.6 is 11.6 Å². The smallest absolute Gasteiger partial charge is 0.156 e. The van der Waals surface area contributed by atoms with Crippen LogP contribution in [0.2, 0.25) is 5.15 Å². The number of hydrogen-bond donors (Lipinski definition) is 0. The van der Waals surface area contributed by atoms with Crippen molar-refractivity contribution < 1.29 is 4.39 Å². The van der Waals surface area contributed by atoms with Crippen molar-refractivity contribution in [3.05, 3.63) is 58.8 Å². The summed E-state index contributed by atoms with van der Waals surface area (Å²) in [5.74, 6) is 0.399. The fourth-order valence-electron chi connectivity index (χ4n) is 2.18. The van der Waals surface area contributed by atoms with E-state index in [0.717, 1.165) is 12.1 Å². The normalized spacial score (nSPS) is 12.6. The van der Waals surface area contributed by atoms with Crippen LogP contribution in [0, 0.1) is 5.82 Å². The molecule has 2 rings (SSSR count). The summed E-state index contributed by atoms with van der Waals surface area (Å²) in [6.07, 6.45) is 6.32. The number of hydrogen-bond acceptors (Lipinski definition) is 3. The maximum absolute atomic E-state index is 14.0. The predicted octanol–water partition coefficient (Wildman–Crippen LogP) is 4.89. The van der Waals surface area contributed by atoms with Gasteiger partial charge in [0.05, 0.1) is 12.2 Å². The molecular formula is C17H19ClFN3. The number of aromatic nitrogens is 2. The monoisotopic (exact) mass is 319 g/mol. The lowest BCUT2D eigenvalue weighted by Crippen LogP contribution is -2.24. The largest absolute Gasteiger partial charge is 0.351 e. The van der Waals surface area contributed by atoms with Crippen molar-refractivity contribution in [1.29, 1.82) is 0 Å². The average Bonchev–Trinajstić information content (AvgIpc) is 2.52. The van der Waals surface area contributed by atoms with Crippen LogP contribution in [0.1, 0.15) is 37.6 Å². The molecule has 22 heavy (non-hydrogen) atoms. The summed E-state index contributed by atoms with van der Waals surface area (Å²) in [6, 6.07) is 6.55. The molecule has 0 amide bonds. The maximum Gasteiger partial charge on any atom is 0.156 e. The van der Waals surface area contributed by atoms with E-state index in [1.807, 2.05) is 44.0 Å². The van der Waals surface area contributed by atoms with Gasteiger partial charge >= 0.3 is 0 Å². The fourth-order valence-corrected chi connectivity index (χ4v) is 2.31. The molecule has 0 aliphatic carbocycles. The van der Waals surface area contributed by atoms with Crippen LogP contribution in [0.3, 0.4) is 0 Å². The van der Waals surface area contributed by atoms with Gasteiger partial charge in [0.1, 0.15) is 16.7 Å². The molecular weight excluding hydrogens is 301 g/mol. The van der Waals surface area contributed by atoms with Gasteiger partial charge in [-0.05, 0) is 25.5 Å². The highest BCUT2D eigenvalue weighted by Crippen LogP contribution is 2.28. The van der Waals surface area contributed by atoms with Gasteiger partial charge in [-0.1, -0.05) is 42.8 Å². The number of nitrogens with zero attached hydrogens (tertiary/aromatic N) is 3. The summed E-state index contributed by atoms with van der Waals surface area (Å²) < 4.78 is 14.0. The Morgan fingerprint density at radius 2 is 2.09 bits per heavy atom. The molecule has 1 unspecified atom stereocenters. The van der Waals surface area contributed by atoms with Gasteiger partial charge in [0, 0.05) is 12.6 Å². The second-order valence-electron chi connectivity index (χ2n) is 5.02. The highest BCUT2D eigenvalue weighted by atomic mass is 35.5. The number of halogens is 2. The molecule has 1 aromatic carbocycles. The molecule has 0 spiro atoms. The molecule has 3 nitrogen and oxygen atoms in total. The summed E-state index contributed by atoms with van der Waals surface area (Å²) in [6.45, 7) is 3.97. The second-order valence-corrected chi connectivity index (χ2v) is 5.41. The molecule has 0 radical (unpaired) electrons. The minimum atomic E-state index is -0.234. The minimum absolute atomic E-state index is 0.192. The van der Waals surface area contributed by atoms with Crippen molar-refractivity contribution in [1.82, 2.24) is 9.97 Å². The molecule has 0 aliphatic heterocycles.